The Morgan fingerprint density at radius 3 is 2.58 bits per heavy atom. The zero-order chi connectivity index (χ0) is 18.9. The summed E-state index contributed by atoms with van der Waals surface area (Å²) < 4.78 is 16.0. The zero-order valence-electron chi connectivity index (χ0n) is 14.8. The van der Waals surface area contributed by atoms with Crippen molar-refractivity contribution < 1.29 is 23.8 Å². The minimum atomic E-state index is -0.0510. The molecular weight excluding hydrogens is 358 g/mol. The summed E-state index contributed by atoms with van der Waals surface area (Å²) in [4.78, 5) is 16.7. The normalized spacial score (nSPS) is 10.6. The molecule has 26 heavy (non-hydrogen) atoms. The molecule has 0 heterocycles. The Morgan fingerprint density at radius 2 is 1.88 bits per heavy atom. The van der Waals surface area contributed by atoms with Gasteiger partial charge in [-0.15, -0.1) is 0 Å². The van der Waals surface area contributed by atoms with Crippen LogP contribution < -0.4 is 14.2 Å². The lowest BCUT2D eigenvalue weighted by Gasteiger charge is -2.10. The number of oxime groups is 1. The standard InChI is InChI=1S/C19H20ClNO5/c1-13(22)15-6-4-5-7-17(15)25-8-9-26-21-12-14-10-16(20)19(24-3)18(11-14)23-2/h4-7,10-12H,8-9H2,1-3H3/b21-12+. The molecule has 0 atom stereocenters. The predicted octanol–water partition coefficient (Wildman–Crippen LogP) is 3.99. The molecule has 2 aromatic rings. The number of nitrogens with zero attached hydrogens (tertiary/aromatic N) is 1. The summed E-state index contributed by atoms with van der Waals surface area (Å²) in [6.07, 6.45) is 1.51. The van der Waals surface area contributed by atoms with Crippen LogP contribution in [0.15, 0.2) is 41.6 Å². The highest BCUT2D eigenvalue weighted by Crippen LogP contribution is 2.35. The van der Waals surface area contributed by atoms with Gasteiger partial charge in [-0.2, -0.15) is 0 Å². The Morgan fingerprint density at radius 1 is 1.12 bits per heavy atom. The molecule has 138 valence electrons. The molecule has 0 unspecified atom stereocenters. The molecule has 0 aliphatic heterocycles. The Bertz CT molecular complexity index is 791. The van der Waals surface area contributed by atoms with Crippen LogP contribution in [0.1, 0.15) is 22.8 Å². The molecule has 2 rings (SSSR count). The second-order valence-corrected chi connectivity index (χ2v) is 5.61. The van der Waals surface area contributed by atoms with Gasteiger partial charge in [-0.3, -0.25) is 4.79 Å². The predicted molar refractivity (Wildman–Crippen MR) is 100 cm³/mol. The van der Waals surface area contributed by atoms with E-state index in [1.54, 1.807) is 30.3 Å². The molecule has 0 aliphatic rings. The quantitative estimate of drug-likeness (QED) is 0.286. The number of para-hydroxylation sites is 1. The van der Waals surface area contributed by atoms with Crippen LogP contribution in [0.25, 0.3) is 0 Å². The molecule has 0 saturated carbocycles. The second-order valence-electron chi connectivity index (χ2n) is 5.21. The highest BCUT2D eigenvalue weighted by molar-refractivity contribution is 6.32. The topological polar surface area (TPSA) is 66.3 Å². The first-order valence-corrected chi connectivity index (χ1v) is 8.24. The van der Waals surface area contributed by atoms with Gasteiger partial charge in [0.05, 0.1) is 31.0 Å². The van der Waals surface area contributed by atoms with E-state index in [1.807, 2.05) is 6.07 Å². The van der Waals surface area contributed by atoms with Crippen molar-refractivity contribution in [2.24, 2.45) is 5.16 Å². The van der Waals surface area contributed by atoms with Gasteiger partial charge in [-0.1, -0.05) is 28.9 Å². The maximum atomic E-state index is 11.5. The average molecular weight is 378 g/mol. The molecule has 0 fully saturated rings. The number of carbonyl (C=O) groups is 1. The van der Waals surface area contributed by atoms with Gasteiger partial charge < -0.3 is 19.0 Å². The van der Waals surface area contributed by atoms with E-state index in [0.29, 0.717) is 33.4 Å². The Hall–Kier alpha value is -2.73. The third-order valence-electron chi connectivity index (χ3n) is 3.43. The van der Waals surface area contributed by atoms with Crippen molar-refractivity contribution in [3.8, 4) is 17.2 Å². The lowest BCUT2D eigenvalue weighted by Crippen LogP contribution is -2.07. The van der Waals surface area contributed by atoms with E-state index >= 15 is 0 Å². The van der Waals surface area contributed by atoms with E-state index in [0.717, 1.165) is 0 Å². The van der Waals surface area contributed by atoms with Crippen LogP contribution in [0.5, 0.6) is 17.2 Å². The van der Waals surface area contributed by atoms with Crippen molar-refractivity contribution in [1.29, 1.82) is 0 Å². The van der Waals surface area contributed by atoms with E-state index in [2.05, 4.69) is 5.16 Å². The molecule has 0 radical (unpaired) electrons. The molecule has 0 N–H and O–H groups in total. The van der Waals surface area contributed by atoms with Crippen molar-refractivity contribution in [2.75, 3.05) is 27.4 Å². The van der Waals surface area contributed by atoms with Crippen LogP contribution in [-0.4, -0.2) is 39.4 Å². The summed E-state index contributed by atoms with van der Waals surface area (Å²) in [5.41, 5.74) is 1.24. The molecule has 6 nitrogen and oxygen atoms in total. The second kappa shape index (κ2) is 9.68. The monoisotopic (exact) mass is 377 g/mol. The fourth-order valence-corrected chi connectivity index (χ4v) is 2.53. The molecule has 2 aromatic carbocycles. The summed E-state index contributed by atoms with van der Waals surface area (Å²) in [7, 11) is 3.05. The summed E-state index contributed by atoms with van der Waals surface area (Å²) in [5, 5.41) is 4.29. The van der Waals surface area contributed by atoms with Crippen LogP contribution in [0, 0.1) is 0 Å². The Kier molecular flexibility index (Phi) is 7.29. The molecule has 0 amide bonds. The fraction of sp³-hybridized carbons (Fsp3) is 0.263. The number of ketones is 1. The largest absolute Gasteiger partial charge is 0.493 e. The Labute approximate surface area is 157 Å². The van der Waals surface area contributed by atoms with E-state index < -0.39 is 0 Å². The van der Waals surface area contributed by atoms with Gasteiger partial charge in [-0.05, 0) is 31.2 Å². The first kappa shape index (κ1) is 19.6. The van der Waals surface area contributed by atoms with Crippen LogP contribution in [0.3, 0.4) is 0 Å². The number of rotatable bonds is 9. The van der Waals surface area contributed by atoms with E-state index in [4.69, 9.17) is 30.6 Å². The van der Waals surface area contributed by atoms with Crippen molar-refractivity contribution in [1.82, 2.24) is 0 Å². The van der Waals surface area contributed by atoms with Gasteiger partial charge in [0.15, 0.2) is 23.9 Å². The van der Waals surface area contributed by atoms with Gasteiger partial charge in [-0.25, -0.2) is 0 Å². The van der Waals surface area contributed by atoms with Gasteiger partial charge in [0.25, 0.3) is 0 Å². The highest BCUT2D eigenvalue weighted by atomic mass is 35.5. The SMILES string of the molecule is COc1cc(/C=N/OCCOc2ccccc2C(C)=O)cc(Cl)c1OC. The number of carbonyl (C=O) groups excluding carboxylic acids is 1. The van der Waals surface area contributed by atoms with Crippen molar-refractivity contribution in [2.45, 2.75) is 6.92 Å². The zero-order valence-corrected chi connectivity index (χ0v) is 15.6. The first-order valence-electron chi connectivity index (χ1n) is 7.86. The number of benzene rings is 2. The van der Waals surface area contributed by atoms with Crippen LogP contribution in [-0.2, 0) is 4.84 Å². The van der Waals surface area contributed by atoms with Crippen LogP contribution in [0.4, 0.5) is 0 Å². The highest BCUT2D eigenvalue weighted by Gasteiger charge is 2.10. The third-order valence-corrected chi connectivity index (χ3v) is 3.71. The molecule has 0 aromatic heterocycles. The van der Waals surface area contributed by atoms with Gasteiger partial charge in [0.1, 0.15) is 12.4 Å². The fourth-order valence-electron chi connectivity index (χ4n) is 2.24. The Balaban J connectivity index is 1.87. The molecule has 7 heteroatoms. The summed E-state index contributed by atoms with van der Waals surface area (Å²) in [5.74, 6) is 1.44. The minimum absolute atomic E-state index is 0.0510. The van der Waals surface area contributed by atoms with E-state index in [-0.39, 0.29) is 19.0 Å². The number of ether oxygens (including phenoxy) is 3. The number of hydrogen-bond donors (Lipinski definition) is 0. The van der Waals surface area contributed by atoms with Crippen molar-refractivity contribution in [3.05, 3.63) is 52.5 Å². The molecule has 0 aliphatic carbocycles. The van der Waals surface area contributed by atoms with E-state index in [9.17, 15) is 4.79 Å². The van der Waals surface area contributed by atoms with Crippen molar-refractivity contribution in [3.63, 3.8) is 0 Å². The molecular formula is C19H20ClNO5. The smallest absolute Gasteiger partial charge is 0.179 e. The van der Waals surface area contributed by atoms with Gasteiger partial charge in [0, 0.05) is 5.56 Å². The number of hydrogen-bond acceptors (Lipinski definition) is 6. The number of halogens is 1. The molecule has 0 bridgehead atoms. The lowest BCUT2D eigenvalue weighted by atomic mass is 10.1. The van der Waals surface area contributed by atoms with E-state index in [1.165, 1.54) is 27.4 Å². The van der Waals surface area contributed by atoms with Crippen LogP contribution in [0.2, 0.25) is 5.02 Å². The summed E-state index contributed by atoms with van der Waals surface area (Å²) >= 11 is 6.13. The van der Waals surface area contributed by atoms with Crippen LogP contribution >= 0.6 is 11.6 Å². The molecule has 0 spiro atoms. The first-order chi connectivity index (χ1) is 12.6. The number of Topliss-reactive ketones (excluding diaryl/α,β-unsaturated/α-hetero) is 1. The maximum absolute atomic E-state index is 11.5. The molecule has 0 saturated heterocycles. The van der Waals surface area contributed by atoms with Crippen molar-refractivity contribution >= 4 is 23.6 Å². The van der Waals surface area contributed by atoms with Gasteiger partial charge in [0.2, 0.25) is 0 Å². The lowest BCUT2D eigenvalue weighted by molar-refractivity contribution is 0.0987. The summed E-state index contributed by atoms with van der Waals surface area (Å²) in [6.45, 7) is 1.98. The minimum Gasteiger partial charge on any atom is -0.493 e. The average Bonchev–Trinajstić information content (AvgIpc) is 2.64. The van der Waals surface area contributed by atoms with Gasteiger partial charge >= 0.3 is 0 Å². The number of methoxy groups -OCH3 is 2. The maximum Gasteiger partial charge on any atom is 0.179 e. The third kappa shape index (κ3) is 5.13. The summed E-state index contributed by atoms with van der Waals surface area (Å²) in [6, 6.07) is 10.5.